The summed E-state index contributed by atoms with van der Waals surface area (Å²) in [6, 6.07) is 8.17. The molecule has 3 rings (SSSR count). The molecular formula is C19H26N4O. The van der Waals surface area contributed by atoms with Crippen molar-refractivity contribution < 1.29 is 4.79 Å². The van der Waals surface area contributed by atoms with Gasteiger partial charge in [0, 0.05) is 32.5 Å². The van der Waals surface area contributed by atoms with Crippen LogP contribution in [0.25, 0.3) is 11.0 Å². The van der Waals surface area contributed by atoms with Gasteiger partial charge in [0.05, 0.1) is 11.0 Å². The number of aromatic nitrogens is 2. The summed E-state index contributed by atoms with van der Waals surface area (Å²) >= 11 is 0. The molecule has 1 atom stereocenters. The predicted molar refractivity (Wildman–Crippen MR) is 96.8 cm³/mol. The Kier molecular flexibility index (Phi) is 5.64. The molecule has 2 heterocycles. The Morgan fingerprint density at radius 3 is 3.17 bits per heavy atom. The Morgan fingerprint density at radius 1 is 1.46 bits per heavy atom. The number of fused-ring (bicyclic) bond motifs is 1. The molecule has 2 N–H and O–H groups in total. The fourth-order valence-corrected chi connectivity index (χ4v) is 3.43. The predicted octanol–water partition coefficient (Wildman–Crippen LogP) is 2.51. The summed E-state index contributed by atoms with van der Waals surface area (Å²) in [7, 11) is 0. The summed E-state index contributed by atoms with van der Waals surface area (Å²) in [6.45, 7) is 7.13. The van der Waals surface area contributed by atoms with Gasteiger partial charge in [-0.25, -0.2) is 4.98 Å². The molecule has 1 aliphatic heterocycles. The lowest BCUT2D eigenvalue weighted by molar-refractivity contribution is -0.121. The molecule has 0 spiro atoms. The summed E-state index contributed by atoms with van der Waals surface area (Å²) < 4.78 is 0. The highest BCUT2D eigenvalue weighted by Gasteiger charge is 2.21. The molecule has 1 aromatic carbocycles. The van der Waals surface area contributed by atoms with Gasteiger partial charge in [-0.2, -0.15) is 0 Å². The minimum Gasteiger partial charge on any atom is -0.353 e. The molecule has 1 saturated heterocycles. The molecule has 1 fully saturated rings. The topological polar surface area (TPSA) is 61.0 Å². The van der Waals surface area contributed by atoms with Gasteiger partial charge in [-0.3, -0.25) is 4.79 Å². The minimum absolute atomic E-state index is 0.106. The number of aromatic amines is 1. The first kappa shape index (κ1) is 16.7. The maximum absolute atomic E-state index is 11.7. The average Bonchev–Trinajstić information content (AvgIpc) is 3.00. The van der Waals surface area contributed by atoms with E-state index in [-0.39, 0.29) is 5.91 Å². The van der Waals surface area contributed by atoms with Gasteiger partial charge in [0.1, 0.15) is 5.82 Å². The van der Waals surface area contributed by atoms with E-state index in [4.69, 9.17) is 4.98 Å². The van der Waals surface area contributed by atoms with Crippen LogP contribution in [0.15, 0.2) is 36.9 Å². The molecule has 0 aliphatic carbocycles. The first-order valence-electron chi connectivity index (χ1n) is 8.78. The van der Waals surface area contributed by atoms with Crippen molar-refractivity contribution in [3.63, 3.8) is 0 Å². The van der Waals surface area contributed by atoms with Crippen molar-refractivity contribution in [2.75, 3.05) is 26.2 Å². The largest absolute Gasteiger partial charge is 0.353 e. The van der Waals surface area contributed by atoms with Crippen LogP contribution in [0.5, 0.6) is 0 Å². The first-order valence-corrected chi connectivity index (χ1v) is 8.78. The van der Waals surface area contributed by atoms with Crippen molar-refractivity contribution in [2.45, 2.75) is 25.7 Å². The number of carbonyl (C=O) groups excluding carboxylic acids is 1. The van der Waals surface area contributed by atoms with E-state index in [2.05, 4.69) is 27.8 Å². The number of piperidine rings is 1. The number of nitrogens with one attached hydrogen (secondary N) is 2. The van der Waals surface area contributed by atoms with Crippen LogP contribution in [-0.2, 0) is 11.2 Å². The number of benzene rings is 1. The number of imidazole rings is 1. The number of hydrogen-bond acceptors (Lipinski definition) is 3. The Hall–Kier alpha value is -2.14. The maximum Gasteiger partial charge on any atom is 0.221 e. The Labute approximate surface area is 143 Å². The molecule has 0 radical (unpaired) electrons. The number of amides is 1. The highest BCUT2D eigenvalue weighted by molar-refractivity contribution is 5.76. The zero-order valence-corrected chi connectivity index (χ0v) is 14.1. The fraction of sp³-hybridized carbons (Fsp3) is 0.474. The zero-order chi connectivity index (χ0) is 16.8. The van der Waals surface area contributed by atoms with Gasteiger partial charge in [-0.05, 0) is 37.4 Å². The maximum atomic E-state index is 11.7. The third kappa shape index (κ3) is 4.45. The van der Waals surface area contributed by atoms with Crippen LogP contribution in [0.1, 0.15) is 25.1 Å². The lowest BCUT2D eigenvalue weighted by Crippen LogP contribution is -2.38. The molecule has 1 aromatic heterocycles. The highest BCUT2D eigenvalue weighted by atomic mass is 16.1. The van der Waals surface area contributed by atoms with Gasteiger partial charge in [0.2, 0.25) is 5.91 Å². The number of H-pyrrole nitrogens is 1. The third-order valence-corrected chi connectivity index (χ3v) is 4.62. The number of likely N-dealkylation sites (tertiary alicyclic amines) is 1. The van der Waals surface area contributed by atoms with E-state index >= 15 is 0 Å². The molecule has 5 nitrogen and oxygen atoms in total. The molecular weight excluding hydrogens is 300 g/mol. The van der Waals surface area contributed by atoms with Gasteiger partial charge in [0.15, 0.2) is 0 Å². The van der Waals surface area contributed by atoms with Crippen molar-refractivity contribution >= 4 is 16.9 Å². The van der Waals surface area contributed by atoms with E-state index in [9.17, 15) is 4.79 Å². The van der Waals surface area contributed by atoms with Gasteiger partial charge >= 0.3 is 0 Å². The first-order chi connectivity index (χ1) is 11.7. The van der Waals surface area contributed by atoms with Crippen LogP contribution >= 0.6 is 0 Å². The average molecular weight is 326 g/mol. The highest BCUT2D eigenvalue weighted by Crippen LogP contribution is 2.21. The SMILES string of the molecule is C=CCNC(=O)CCN1CCC[C@@H](Cc2nc3ccccc3[nH]2)C1. The van der Waals surface area contributed by atoms with Crippen molar-refractivity contribution in [1.82, 2.24) is 20.2 Å². The van der Waals surface area contributed by atoms with Crippen LogP contribution in [0.3, 0.4) is 0 Å². The van der Waals surface area contributed by atoms with Gasteiger partial charge in [0.25, 0.3) is 0 Å². The molecule has 24 heavy (non-hydrogen) atoms. The van der Waals surface area contributed by atoms with Crippen molar-refractivity contribution in [1.29, 1.82) is 0 Å². The molecule has 128 valence electrons. The smallest absolute Gasteiger partial charge is 0.221 e. The van der Waals surface area contributed by atoms with Gasteiger partial charge < -0.3 is 15.2 Å². The number of hydrogen-bond donors (Lipinski definition) is 2. The molecule has 0 unspecified atom stereocenters. The fourth-order valence-electron chi connectivity index (χ4n) is 3.43. The molecule has 1 aliphatic rings. The number of nitrogens with zero attached hydrogens (tertiary/aromatic N) is 2. The normalized spacial score (nSPS) is 18.6. The summed E-state index contributed by atoms with van der Waals surface area (Å²) in [5, 5.41) is 2.84. The molecule has 0 bridgehead atoms. The second-order valence-corrected chi connectivity index (χ2v) is 6.56. The number of para-hydroxylation sites is 2. The summed E-state index contributed by atoms with van der Waals surface area (Å²) in [5.74, 6) is 1.79. The Morgan fingerprint density at radius 2 is 2.33 bits per heavy atom. The summed E-state index contributed by atoms with van der Waals surface area (Å²) in [4.78, 5) is 22.2. The van der Waals surface area contributed by atoms with Crippen LogP contribution in [0.4, 0.5) is 0 Å². The Balaban J connectivity index is 1.50. The second kappa shape index (κ2) is 8.11. The van der Waals surface area contributed by atoms with Gasteiger partial charge in [-0.1, -0.05) is 18.2 Å². The lowest BCUT2D eigenvalue weighted by Gasteiger charge is -2.32. The van der Waals surface area contributed by atoms with Crippen LogP contribution in [0.2, 0.25) is 0 Å². The summed E-state index contributed by atoms with van der Waals surface area (Å²) in [5.41, 5.74) is 2.15. The Bertz CT molecular complexity index is 660. The van der Waals surface area contributed by atoms with Crippen molar-refractivity contribution in [3.05, 3.63) is 42.7 Å². The van der Waals surface area contributed by atoms with Gasteiger partial charge in [-0.15, -0.1) is 6.58 Å². The van der Waals surface area contributed by atoms with E-state index in [0.29, 0.717) is 18.9 Å². The van der Waals surface area contributed by atoms with E-state index in [1.165, 1.54) is 12.8 Å². The standard InChI is InChI=1S/C19H26N4O/c1-2-10-20-19(24)9-12-23-11-5-6-15(14-23)13-18-21-16-7-3-4-8-17(16)22-18/h2-4,7-8,15H,1,5-6,9-14H2,(H,20,24)(H,21,22)/t15-/m0/s1. The second-order valence-electron chi connectivity index (χ2n) is 6.56. The van der Waals surface area contributed by atoms with E-state index in [1.807, 2.05) is 18.2 Å². The van der Waals surface area contributed by atoms with Crippen molar-refractivity contribution in [2.24, 2.45) is 5.92 Å². The van der Waals surface area contributed by atoms with Crippen molar-refractivity contribution in [3.8, 4) is 0 Å². The third-order valence-electron chi connectivity index (χ3n) is 4.62. The molecule has 1 amide bonds. The quantitative estimate of drug-likeness (QED) is 0.769. The molecule has 5 heteroatoms. The monoisotopic (exact) mass is 326 g/mol. The summed E-state index contributed by atoms with van der Waals surface area (Å²) in [6.07, 6.45) is 5.68. The zero-order valence-electron chi connectivity index (χ0n) is 14.1. The molecule has 2 aromatic rings. The minimum atomic E-state index is 0.106. The van der Waals surface area contributed by atoms with Crippen LogP contribution < -0.4 is 5.32 Å². The van der Waals surface area contributed by atoms with Crippen LogP contribution in [0, 0.1) is 5.92 Å². The molecule has 0 saturated carbocycles. The van der Waals surface area contributed by atoms with E-state index < -0.39 is 0 Å². The number of carbonyl (C=O) groups is 1. The lowest BCUT2D eigenvalue weighted by atomic mass is 9.94. The van der Waals surface area contributed by atoms with E-state index in [1.54, 1.807) is 6.08 Å². The van der Waals surface area contributed by atoms with Crippen LogP contribution in [-0.4, -0.2) is 47.0 Å². The number of rotatable bonds is 7. The van der Waals surface area contributed by atoms with E-state index in [0.717, 1.165) is 42.9 Å².